The molecule has 1 unspecified atom stereocenters. The number of hydrogen-bond acceptors (Lipinski definition) is 3. The third-order valence-corrected chi connectivity index (χ3v) is 4.11. The highest BCUT2D eigenvalue weighted by molar-refractivity contribution is 6.02. The molecule has 0 saturated carbocycles. The van der Waals surface area contributed by atoms with Gasteiger partial charge in [-0.2, -0.15) is 0 Å². The third-order valence-electron chi connectivity index (χ3n) is 4.11. The molecular weight excluding hydrogens is 278 g/mol. The van der Waals surface area contributed by atoms with Gasteiger partial charge in [0.05, 0.1) is 0 Å². The second-order valence-corrected chi connectivity index (χ2v) is 5.73. The van der Waals surface area contributed by atoms with Crippen molar-refractivity contribution in [2.75, 3.05) is 0 Å². The molecule has 1 atom stereocenters. The Morgan fingerprint density at radius 2 is 2.14 bits per heavy atom. The average molecular weight is 295 g/mol. The number of carbonyl (C=O) groups is 2. The lowest BCUT2D eigenvalue weighted by molar-refractivity contribution is -0.137. The van der Waals surface area contributed by atoms with Gasteiger partial charge in [0, 0.05) is 30.3 Å². The van der Waals surface area contributed by atoms with Gasteiger partial charge in [0.2, 0.25) is 0 Å². The summed E-state index contributed by atoms with van der Waals surface area (Å²) in [5, 5.41) is 8.77. The normalized spacial score (nSPS) is 16.5. The molecule has 1 aromatic heterocycles. The van der Waals surface area contributed by atoms with E-state index >= 15 is 0 Å². The lowest BCUT2D eigenvalue weighted by atomic mass is 9.99. The van der Waals surface area contributed by atoms with Crippen molar-refractivity contribution in [2.24, 2.45) is 5.92 Å². The minimum atomic E-state index is -0.846. The lowest BCUT2D eigenvalue weighted by Gasteiger charge is -2.05. The molecule has 22 heavy (non-hydrogen) atoms. The predicted octanol–water partition coefficient (Wildman–Crippen LogP) is 2.89. The summed E-state index contributed by atoms with van der Waals surface area (Å²) < 4.78 is 0. The van der Waals surface area contributed by atoms with Crippen LogP contribution < -0.4 is 0 Å². The number of rotatable bonds is 5. The maximum Gasteiger partial charge on any atom is 0.303 e. The van der Waals surface area contributed by atoms with Crippen LogP contribution >= 0.6 is 0 Å². The van der Waals surface area contributed by atoms with Gasteiger partial charge in [-0.15, -0.1) is 0 Å². The maximum atomic E-state index is 12.4. The van der Waals surface area contributed by atoms with E-state index in [1.54, 1.807) is 6.20 Å². The number of Topliss-reactive ketones (excluding diaryl/α,β-unsaturated/α-hetero) is 1. The highest BCUT2D eigenvalue weighted by Gasteiger charge is 2.30. The fraction of sp³-hybridized carbons (Fsp3) is 0.278. The largest absolute Gasteiger partial charge is 0.481 e. The van der Waals surface area contributed by atoms with E-state index in [1.165, 1.54) is 0 Å². The van der Waals surface area contributed by atoms with Crippen LogP contribution in [0.3, 0.4) is 0 Å². The lowest BCUT2D eigenvalue weighted by Crippen LogP contribution is -2.11. The van der Waals surface area contributed by atoms with Gasteiger partial charge in [-0.25, -0.2) is 0 Å². The van der Waals surface area contributed by atoms with E-state index in [4.69, 9.17) is 5.11 Å². The van der Waals surface area contributed by atoms with Gasteiger partial charge in [0.25, 0.3) is 0 Å². The first-order chi connectivity index (χ1) is 10.6. The molecular formula is C18H17NO3. The highest BCUT2D eigenvalue weighted by atomic mass is 16.4. The highest BCUT2D eigenvalue weighted by Crippen LogP contribution is 2.30. The van der Waals surface area contributed by atoms with Crippen LogP contribution in [0.2, 0.25) is 0 Å². The zero-order valence-corrected chi connectivity index (χ0v) is 12.2. The number of aliphatic carboxylic acids is 1. The van der Waals surface area contributed by atoms with Crippen LogP contribution in [-0.2, 0) is 17.6 Å². The van der Waals surface area contributed by atoms with Crippen LogP contribution in [0, 0.1) is 5.92 Å². The smallest absolute Gasteiger partial charge is 0.303 e. The average Bonchev–Trinajstić information content (AvgIpc) is 2.83. The number of carboxylic acid groups (broad SMARTS) is 1. The second kappa shape index (κ2) is 6.10. The molecule has 2 aromatic rings. The summed E-state index contributed by atoms with van der Waals surface area (Å²) in [7, 11) is 0. The van der Waals surface area contributed by atoms with Crippen molar-refractivity contribution in [3.05, 3.63) is 65.0 Å². The molecule has 1 aliphatic carbocycles. The molecule has 0 radical (unpaired) electrons. The minimum absolute atomic E-state index is 0.0485. The summed E-state index contributed by atoms with van der Waals surface area (Å²) in [6, 6.07) is 9.90. The van der Waals surface area contributed by atoms with Crippen molar-refractivity contribution in [3.63, 3.8) is 0 Å². The third kappa shape index (κ3) is 3.06. The Kier molecular flexibility index (Phi) is 4.00. The van der Waals surface area contributed by atoms with Crippen molar-refractivity contribution in [2.45, 2.75) is 25.7 Å². The summed E-state index contributed by atoms with van der Waals surface area (Å²) >= 11 is 0. The number of carboxylic acids is 1. The Bertz CT molecular complexity index is 710. The Morgan fingerprint density at radius 1 is 1.27 bits per heavy atom. The SMILES string of the molecule is O=C(O)CCC1Cc2ccc(Cc3cccnc3)cc2C1=O. The first-order valence-corrected chi connectivity index (χ1v) is 7.40. The van der Waals surface area contributed by atoms with Gasteiger partial charge in [-0.1, -0.05) is 18.2 Å². The molecule has 1 aliphatic rings. The predicted molar refractivity (Wildman–Crippen MR) is 81.9 cm³/mol. The van der Waals surface area contributed by atoms with Gasteiger partial charge >= 0.3 is 5.97 Å². The number of benzene rings is 1. The monoisotopic (exact) mass is 295 g/mol. The number of fused-ring (bicyclic) bond motifs is 1. The van der Waals surface area contributed by atoms with E-state index in [1.807, 2.05) is 36.5 Å². The van der Waals surface area contributed by atoms with Crippen molar-refractivity contribution in [3.8, 4) is 0 Å². The molecule has 112 valence electrons. The van der Waals surface area contributed by atoms with E-state index in [-0.39, 0.29) is 18.1 Å². The van der Waals surface area contributed by atoms with Gasteiger partial charge in [-0.3, -0.25) is 14.6 Å². The molecule has 1 aromatic carbocycles. The van der Waals surface area contributed by atoms with Gasteiger partial charge in [0.15, 0.2) is 5.78 Å². The van der Waals surface area contributed by atoms with Crippen LogP contribution in [0.25, 0.3) is 0 Å². The van der Waals surface area contributed by atoms with Crippen molar-refractivity contribution >= 4 is 11.8 Å². The molecule has 0 fully saturated rings. The number of hydrogen-bond donors (Lipinski definition) is 1. The summed E-state index contributed by atoms with van der Waals surface area (Å²) in [5.74, 6) is -0.940. The van der Waals surface area contributed by atoms with Crippen molar-refractivity contribution < 1.29 is 14.7 Å². The van der Waals surface area contributed by atoms with Crippen molar-refractivity contribution in [1.82, 2.24) is 4.98 Å². The quantitative estimate of drug-likeness (QED) is 0.921. The topological polar surface area (TPSA) is 67.3 Å². The van der Waals surface area contributed by atoms with Crippen LogP contribution in [0.5, 0.6) is 0 Å². The Hall–Kier alpha value is -2.49. The number of pyridine rings is 1. The molecule has 0 saturated heterocycles. The van der Waals surface area contributed by atoms with Crippen LogP contribution in [0.15, 0.2) is 42.7 Å². The van der Waals surface area contributed by atoms with Crippen molar-refractivity contribution in [1.29, 1.82) is 0 Å². The fourth-order valence-electron chi connectivity index (χ4n) is 2.99. The summed E-state index contributed by atoms with van der Waals surface area (Å²) in [6.45, 7) is 0. The Balaban J connectivity index is 1.76. The molecule has 0 bridgehead atoms. The van der Waals surface area contributed by atoms with E-state index in [2.05, 4.69) is 4.98 Å². The van der Waals surface area contributed by atoms with E-state index < -0.39 is 5.97 Å². The molecule has 0 aliphatic heterocycles. The van der Waals surface area contributed by atoms with E-state index in [0.717, 1.165) is 28.7 Å². The number of ketones is 1. The van der Waals surface area contributed by atoms with Crippen LogP contribution in [0.4, 0.5) is 0 Å². The summed E-state index contributed by atoms with van der Waals surface area (Å²) in [6.07, 6.45) is 5.43. The standard InChI is InChI=1S/C18H17NO3/c20-17(21)6-5-15-10-14-4-3-12(9-16(14)18(15)22)8-13-2-1-7-19-11-13/h1-4,7,9,11,15H,5-6,8,10H2,(H,20,21). The molecule has 0 amide bonds. The first kappa shape index (κ1) is 14.4. The molecule has 3 rings (SSSR count). The summed E-state index contributed by atoms with van der Waals surface area (Å²) in [4.78, 5) is 27.2. The number of aromatic nitrogens is 1. The van der Waals surface area contributed by atoms with E-state index in [0.29, 0.717) is 12.8 Å². The molecule has 1 heterocycles. The van der Waals surface area contributed by atoms with Gasteiger partial charge in [0.1, 0.15) is 0 Å². The maximum absolute atomic E-state index is 12.4. The Labute approximate surface area is 128 Å². The molecule has 1 N–H and O–H groups in total. The van der Waals surface area contributed by atoms with Gasteiger partial charge < -0.3 is 5.11 Å². The molecule has 4 nitrogen and oxygen atoms in total. The first-order valence-electron chi connectivity index (χ1n) is 7.40. The molecule has 0 spiro atoms. The zero-order chi connectivity index (χ0) is 15.5. The summed E-state index contributed by atoms with van der Waals surface area (Å²) in [5.41, 5.74) is 3.99. The Morgan fingerprint density at radius 3 is 2.86 bits per heavy atom. The number of nitrogens with zero attached hydrogens (tertiary/aromatic N) is 1. The zero-order valence-electron chi connectivity index (χ0n) is 12.2. The van der Waals surface area contributed by atoms with Crippen LogP contribution in [-0.4, -0.2) is 21.8 Å². The van der Waals surface area contributed by atoms with Gasteiger partial charge in [-0.05, 0) is 48.1 Å². The minimum Gasteiger partial charge on any atom is -0.481 e. The van der Waals surface area contributed by atoms with Crippen LogP contribution in [0.1, 0.15) is 39.9 Å². The number of carbonyl (C=O) groups excluding carboxylic acids is 1. The molecule has 4 heteroatoms. The fourth-order valence-corrected chi connectivity index (χ4v) is 2.99. The second-order valence-electron chi connectivity index (χ2n) is 5.73. The van der Waals surface area contributed by atoms with E-state index in [9.17, 15) is 9.59 Å².